The number of rotatable bonds is 6. The number of aromatic amines is 1. The predicted octanol–water partition coefficient (Wildman–Crippen LogP) is 1.63. The van der Waals surface area contributed by atoms with Gasteiger partial charge < -0.3 is 14.4 Å². The Morgan fingerprint density at radius 2 is 2.08 bits per heavy atom. The average Bonchev–Trinajstić information content (AvgIpc) is 3.09. The van der Waals surface area contributed by atoms with E-state index in [1.165, 1.54) is 11.1 Å². The monoisotopic (exact) mass is 351 g/mol. The molecule has 0 aliphatic carbocycles. The van der Waals surface area contributed by atoms with E-state index in [2.05, 4.69) is 10.2 Å². The molecule has 1 aliphatic rings. The minimum atomic E-state index is -0.601. The summed E-state index contributed by atoms with van der Waals surface area (Å²) in [7, 11) is 0. The van der Waals surface area contributed by atoms with Gasteiger partial charge in [-0.05, 0) is 32.1 Å². The molecule has 1 aliphatic heterocycles. The largest absolute Gasteiger partial charge is 0.464 e. The van der Waals surface area contributed by atoms with E-state index in [0.29, 0.717) is 24.2 Å². The molecule has 1 atom stereocenters. The van der Waals surface area contributed by atoms with Crippen molar-refractivity contribution in [2.45, 2.75) is 52.0 Å². The van der Waals surface area contributed by atoms with Crippen molar-refractivity contribution in [3.63, 3.8) is 0 Å². The molecule has 25 heavy (non-hydrogen) atoms. The van der Waals surface area contributed by atoms with Crippen LogP contribution in [0.5, 0.6) is 0 Å². The van der Waals surface area contributed by atoms with Gasteiger partial charge in [0.15, 0.2) is 6.61 Å². The van der Waals surface area contributed by atoms with Gasteiger partial charge >= 0.3 is 11.9 Å². The third kappa shape index (κ3) is 4.58. The Kier molecular flexibility index (Phi) is 6.55. The molecular weight excluding hydrogens is 326 g/mol. The fraction of sp³-hybridized carbons (Fsp3) is 0.647. The number of piperidine rings is 1. The maximum Gasteiger partial charge on any atom is 0.342 e. The first kappa shape index (κ1) is 19.0. The fourth-order valence-electron chi connectivity index (χ4n) is 2.90. The first-order chi connectivity index (χ1) is 12.0. The van der Waals surface area contributed by atoms with Crippen molar-refractivity contribution in [2.75, 3.05) is 19.8 Å². The summed E-state index contributed by atoms with van der Waals surface area (Å²) in [4.78, 5) is 38.1. The molecule has 8 nitrogen and oxygen atoms in total. The number of carbonyl (C=O) groups excluding carboxylic acids is 3. The van der Waals surface area contributed by atoms with Crippen LogP contribution in [0.2, 0.25) is 0 Å². The Bertz CT molecular complexity index is 626. The van der Waals surface area contributed by atoms with E-state index < -0.39 is 24.6 Å². The molecule has 0 spiro atoms. The van der Waals surface area contributed by atoms with E-state index in [1.807, 2.05) is 13.8 Å². The summed E-state index contributed by atoms with van der Waals surface area (Å²) < 4.78 is 10.2. The first-order valence-electron chi connectivity index (χ1n) is 8.62. The second-order valence-corrected chi connectivity index (χ2v) is 6.28. The number of nitrogens with one attached hydrogen (secondary N) is 1. The van der Waals surface area contributed by atoms with E-state index in [1.54, 1.807) is 6.92 Å². The molecule has 0 aromatic carbocycles. The number of aromatic nitrogens is 2. The van der Waals surface area contributed by atoms with Crippen LogP contribution in [0.15, 0.2) is 6.20 Å². The van der Waals surface area contributed by atoms with E-state index in [0.717, 1.165) is 12.8 Å². The van der Waals surface area contributed by atoms with Crippen LogP contribution in [0, 0.1) is 0 Å². The molecule has 2 rings (SSSR count). The van der Waals surface area contributed by atoms with Gasteiger partial charge in [0.05, 0.1) is 18.5 Å². The molecule has 8 heteroatoms. The Hall–Kier alpha value is -2.38. The van der Waals surface area contributed by atoms with Crippen LogP contribution in [0.1, 0.15) is 62.0 Å². The average molecular weight is 351 g/mol. The number of esters is 2. The lowest BCUT2D eigenvalue weighted by Crippen LogP contribution is -2.50. The van der Waals surface area contributed by atoms with Gasteiger partial charge in [0.25, 0.3) is 5.91 Å². The molecule has 2 heterocycles. The Morgan fingerprint density at radius 3 is 2.76 bits per heavy atom. The van der Waals surface area contributed by atoms with Crippen LogP contribution >= 0.6 is 0 Å². The highest BCUT2D eigenvalue weighted by molar-refractivity contribution is 5.93. The third-order valence-corrected chi connectivity index (χ3v) is 4.17. The minimum Gasteiger partial charge on any atom is -0.464 e. The normalized spacial score (nSPS) is 17.4. The summed E-state index contributed by atoms with van der Waals surface area (Å²) in [5.41, 5.74) is 0.989. The van der Waals surface area contributed by atoms with Crippen molar-refractivity contribution < 1.29 is 23.9 Å². The Labute approximate surface area is 146 Å². The maximum atomic E-state index is 12.4. The van der Waals surface area contributed by atoms with Gasteiger partial charge in [0.1, 0.15) is 11.6 Å². The number of likely N-dealkylation sites (tertiary alicyclic amines) is 1. The van der Waals surface area contributed by atoms with Gasteiger partial charge in [-0.1, -0.05) is 13.8 Å². The molecule has 1 saturated heterocycles. The van der Waals surface area contributed by atoms with E-state index >= 15 is 0 Å². The van der Waals surface area contributed by atoms with Crippen molar-refractivity contribution in [3.8, 4) is 0 Å². The molecule has 1 amide bonds. The summed E-state index contributed by atoms with van der Waals surface area (Å²) in [6.07, 6.45) is 3.64. The van der Waals surface area contributed by atoms with E-state index in [-0.39, 0.29) is 18.4 Å². The van der Waals surface area contributed by atoms with Gasteiger partial charge in [-0.15, -0.1) is 0 Å². The van der Waals surface area contributed by atoms with Crippen LogP contribution in [0.3, 0.4) is 0 Å². The van der Waals surface area contributed by atoms with Crippen LogP contribution in [0.4, 0.5) is 0 Å². The number of H-pyrrole nitrogens is 1. The molecule has 1 aromatic heterocycles. The molecule has 1 fully saturated rings. The number of ether oxygens (including phenoxy) is 2. The van der Waals surface area contributed by atoms with E-state index in [9.17, 15) is 14.4 Å². The smallest absolute Gasteiger partial charge is 0.342 e. The summed E-state index contributed by atoms with van der Waals surface area (Å²) in [5, 5.41) is 6.62. The molecule has 0 bridgehead atoms. The minimum absolute atomic E-state index is 0.0797. The van der Waals surface area contributed by atoms with Crippen LogP contribution in [0.25, 0.3) is 0 Å². The number of nitrogens with zero attached hydrogens (tertiary/aromatic N) is 2. The zero-order chi connectivity index (χ0) is 18.4. The van der Waals surface area contributed by atoms with Gasteiger partial charge in [-0.25, -0.2) is 9.59 Å². The van der Waals surface area contributed by atoms with E-state index in [4.69, 9.17) is 9.47 Å². The van der Waals surface area contributed by atoms with Gasteiger partial charge in [-0.3, -0.25) is 9.89 Å². The van der Waals surface area contributed by atoms with Gasteiger partial charge in [0.2, 0.25) is 0 Å². The maximum absolute atomic E-state index is 12.4. The standard InChI is InChI=1S/C17H25N3O5/c1-4-24-17(23)13-7-5-6-8-20(13)14(21)10-25-16(22)12-9-18-19-15(12)11(2)3/h9,11,13H,4-8,10H2,1-3H3,(H,18,19). The molecule has 138 valence electrons. The predicted molar refractivity (Wildman–Crippen MR) is 88.9 cm³/mol. The highest BCUT2D eigenvalue weighted by atomic mass is 16.5. The number of hydrogen-bond acceptors (Lipinski definition) is 6. The van der Waals surface area contributed by atoms with Crippen LogP contribution in [-0.2, 0) is 19.1 Å². The topological polar surface area (TPSA) is 102 Å². The first-order valence-corrected chi connectivity index (χ1v) is 8.62. The Balaban J connectivity index is 1.97. The highest BCUT2D eigenvalue weighted by Crippen LogP contribution is 2.20. The van der Waals surface area contributed by atoms with Crippen molar-refractivity contribution in [2.24, 2.45) is 0 Å². The summed E-state index contributed by atoms with van der Waals surface area (Å²) in [5.74, 6) is -1.31. The fourth-order valence-corrected chi connectivity index (χ4v) is 2.90. The van der Waals surface area contributed by atoms with Crippen molar-refractivity contribution in [1.29, 1.82) is 0 Å². The number of carbonyl (C=O) groups is 3. The molecule has 0 radical (unpaired) electrons. The molecular formula is C17H25N3O5. The highest BCUT2D eigenvalue weighted by Gasteiger charge is 2.33. The quantitative estimate of drug-likeness (QED) is 0.782. The number of hydrogen-bond donors (Lipinski definition) is 1. The third-order valence-electron chi connectivity index (χ3n) is 4.17. The summed E-state index contributed by atoms with van der Waals surface area (Å²) >= 11 is 0. The zero-order valence-corrected chi connectivity index (χ0v) is 14.9. The molecule has 1 N–H and O–H groups in total. The molecule has 1 unspecified atom stereocenters. The Morgan fingerprint density at radius 1 is 1.32 bits per heavy atom. The van der Waals surface area contributed by atoms with Gasteiger partial charge in [0, 0.05) is 6.54 Å². The zero-order valence-electron chi connectivity index (χ0n) is 14.9. The van der Waals surface area contributed by atoms with Crippen molar-refractivity contribution in [3.05, 3.63) is 17.5 Å². The lowest BCUT2D eigenvalue weighted by Gasteiger charge is -2.33. The second-order valence-electron chi connectivity index (χ2n) is 6.28. The van der Waals surface area contributed by atoms with Gasteiger partial charge in [-0.2, -0.15) is 5.10 Å². The van der Waals surface area contributed by atoms with Crippen LogP contribution in [-0.4, -0.2) is 58.7 Å². The van der Waals surface area contributed by atoms with Crippen LogP contribution < -0.4 is 0 Å². The lowest BCUT2D eigenvalue weighted by atomic mass is 10.0. The van der Waals surface area contributed by atoms with Crippen molar-refractivity contribution >= 4 is 17.8 Å². The lowest BCUT2D eigenvalue weighted by molar-refractivity contribution is -0.157. The number of amides is 1. The summed E-state index contributed by atoms with van der Waals surface area (Å²) in [6.45, 7) is 5.90. The second kappa shape index (κ2) is 8.64. The molecule has 1 aromatic rings. The summed E-state index contributed by atoms with van der Waals surface area (Å²) in [6, 6.07) is -0.597. The SMILES string of the molecule is CCOC(=O)C1CCCCN1C(=O)COC(=O)c1cn[nH]c1C(C)C. The molecule has 0 saturated carbocycles. The van der Waals surface area contributed by atoms with Crippen molar-refractivity contribution in [1.82, 2.24) is 15.1 Å².